The molecule has 15 atom stereocenters. The molecular formula is C76H127N15O15. The van der Waals surface area contributed by atoms with Gasteiger partial charge in [0.05, 0.1) is 0 Å². The number of benzene rings is 1. The van der Waals surface area contributed by atoms with Crippen LogP contribution in [0.25, 0.3) is 0 Å². The Morgan fingerprint density at radius 2 is 1.10 bits per heavy atom. The summed E-state index contributed by atoms with van der Waals surface area (Å²) in [4.78, 5) is 203. The van der Waals surface area contributed by atoms with E-state index in [4.69, 9.17) is 16.2 Å². The van der Waals surface area contributed by atoms with Crippen molar-refractivity contribution in [1.29, 1.82) is 0 Å². The second-order valence-corrected chi connectivity index (χ2v) is 30.4. The normalized spacial score (nSPS) is 22.2. The number of esters is 1. The monoisotopic (exact) mass is 1490 g/mol. The number of carbonyl (C=O) groups is 14. The number of rotatable bonds is 35. The van der Waals surface area contributed by atoms with Gasteiger partial charge in [0.25, 0.3) is 5.91 Å². The number of carbonyl (C=O) groups excluding carboxylic acids is 14. The molecule has 1 aromatic carbocycles. The lowest BCUT2D eigenvalue weighted by molar-refractivity contribution is -0.157. The van der Waals surface area contributed by atoms with Crippen molar-refractivity contribution >= 4 is 82.8 Å². The van der Waals surface area contributed by atoms with Gasteiger partial charge < -0.3 is 84.9 Å². The minimum Gasteiger partial charge on any atom is -0.458 e. The molecule has 0 saturated carbocycles. The fraction of sp³-hybridized carbons (Fsp3) is 0.711. The van der Waals surface area contributed by atoms with Crippen molar-refractivity contribution in [3.05, 3.63) is 47.7 Å². The van der Waals surface area contributed by atoms with E-state index in [9.17, 15) is 57.5 Å². The summed E-state index contributed by atoms with van der Waals surface area (Å²) in [6.45, 7) is 31.0. The fourth-order valence-corrected chi connectivity index (χ4v) is 12.3. The van der Waals surface area contributed by atoms with E-state index in [1.54, 1.807) is 127 Å². The van der Waals surface area contributed by atoms with E-state index in [1.165, 1.54) is 24.8 Å². The summed E-state index contributed by atoms with van der Waals surface area (Å²) < 4.78 is 5.97. The van der Waals surface area contributed by atoms with E-state index in [2.05, 4.69) is 77.6 Å². The molecule has 1 aromatic rings. The summed E-state index contributed by atoms with van der Waals surface area (Å²) in [6.07, 6.45) is 3.09. The largest absolute Gasteiger partial charge is 0.458 e. The Hall–Kier alpha value is -8.54. The molecule has 2 saturated heterocycles. The highest BCUT2D eigenvalue weighted by atomic mass is 16.5. The Morgan fingerprint density at radius 3 is 1.63 bits per heavy atom. The van der Waals surface area contributed by atoms with Crippen molar-refractivity contribution in [3.63, 3.8) is 0 Å². The highest BCUT2D eigenvalue weighted by molar-refractivity contribution is 6.03. The number of amides is 13. The SMILES string of the molecule is C/C=C1\NC(=O)[C@H](Cc2ccccc2)NC(=O)[C@@H](C(C)C)NC(=O)[C@@H]([C@@H](C)CC)NC(=O)[C@H](NC(=O)[C@H](NC(=O)[C@H](CCCN)NC(=O)[C@H]2CCCN2C(=O)[C@H](NC(=O)[C@@H](NC(=O)[C@H](CCCN)NC(=O)[C@H](NC(=O)CCCC(C)C)C(C)C)C(C)C)C(C)C)[C@@H](C)CC)[C@@H](C)OC(=O)[C@H](C(C)C)NC1=O. The minimum atomic E-state index is -1.82. The lowest BCUT2D eigenvalue weighted by Gasteiger charge is -2.33. The zero-order valence-electron chi connectivity index (χ0n) is 65.9. The summed E-state index contributed by atoms with van der Waals surface area (Å²) >= 11 is 0. The van der Waals surface area contributed by atoms with Gasteiger partial charge in [-0.2, -0.15) is 0 Å². The molecule has 13 amide bonds. The first kappa shape index (κ1) is 91.7. The van der Waals surface area contributed by atoms with Crippen LogP contribution in [0.5, 0.6) is 0 Å². The second-order valence-electron chi connectivity index (χ2n) is 30.4. The van der Waals surface area contributed by atoms with Crippen LogP contribution in [0.15, 0.2) is 42.1 Å². The predicted molar refractivity (Wildman–Crippen MR) is 402 cm³/mol. The summed E-state index contributed by atoms with van der Waals surface area (Å²) in [5, 5.41) is 32.9. The second kappa shape index (κ2) is 45.2. The van der Waals surface area contributed by atoms with Crippen LogP contribution in [0.3, 0.4) is 0 Å². The van der Waals surface area contributed by atoms with E-state index in [-0.39, 0.29) is 82.1 Å². The van der Waals surface area contributed by atoms with E-state index < -0.39 is 191 Å². The van der Waals surface area contributed by atoms with Crippen LogP contribution in [-0.2, 0) is 78.3 Å². The maximum absolute atomic E-state index is 15.1. The Bertz CT molecular complexity index is 3160. The molecule has 2 aliphatic rings. The quantitative estimate of drug-likeness (QED) is 0.0342. The third kappa shape index (κ3) is 28.3. The average Bonchev–Trinajstić information content (AvgIpc) is 1.58. The zero-order chi connectivity index (χ0) is 80.0. The van der Waals surface area contributed by atoms with Crippen molar-refractivity contribution < 1.29 is 71.9 Å². The molecule has 0 aromatic heterocycles. The van der Waals surface area contributed by atoms with Crippen LogP contribution >= 0.6 is 0 Å². The fourth-order valence-electron chi connectivity index (χ4n) is 12.3. The van der Waals surface area contributed by atoms with Gasteiger partial charge in [0.2, 0.25) is 70.9 Å². The van der Waals surface area contributed by atoms with Gasteiger partial charge in [-0.3, -0.25) is 62.3 Å². The van der Waals surface area contributed by atoms with Gasteiger partial charge in [-0.25, -0.2) is 4.79 Å². The van der Waals surface area contributed by atoms with Crippen LogP contribution < -0.4 is 75.3 Å². The first-order valence-electron chi connectivity index (χ1n) is 38.1. The molecule has 16 N–H and O–H groups in total. The lowest BCUT2D eigenvalue weighted by Crippen LogP contribution is -2.64. The Morgan fingerprint density at radius 1 is 0.575 bits per heavy atom. The van der Waals surface area contributed by atoms with E-state index in [1.807, 2.05) is 0 Å². The number of cyclic esters (lactones) is 1. The summed E-state index contributed by atoms with van der Waals surface area (Å²) in [5.41, 5.74) is 12.2. The minimum absolute atomic E-state index is 0.0327. The highest BCUT2D eigenvalue weighted by Gasteiger charge is 2.44. The molecule has 0 radical (unpaired) electrons. The van der Waals surface area contributed by atoms with E-state index >= 15 is 9.59 Å². The number of likely N-dealkylation sites (tertiary alicyclic amines) is 1. The van der Waals surface area contributed by atoms with E-state index in [0.717, 1.165) is 6.42 Å². The van der Waals surface area contributed by atoms with Crippen molar-refractivity contribution in [1.82, 2.24) is 68.7 Å². The maximum Gasteiger partial charge on any atom is 0.329 e. The van der Waals surface area contributed by atoms with Gasteiger partial charge in [0.15, 0.2) is 0 Å². The molecule has 0 unspecified atom stereocenters. The molecule has 30 nitrogen and oxygen atoms in total. The first-order valence-corrected chi connectivity index (χ1v) is 38.1. The van der Waals surface area contributed by atoms with Gasteiger partial charge in [0.1, 0.15) is 84.3 Å². The zero-order valence-corrected chi connectivity index (χ0v) is 65.9. The van der Waals surface area contributed by atoms with Crippen LogP contribution in [0.1, 0.15) is 201 Å². The molecule has 2 heterocycles. The molecule has 0 bridgehead atoms. The topological polar surface area (TPSA) is 448 Å². The van der Waals surface area contributed by atoms with Crippen molar-refractivity contribution in [2.75, 3.05) is 19.6 Å². The van der Waals surface area contributed by atoms with Gasteiger partial charge >= 0.3 is 5.97 Å². The number of hydrogen-bond donors (Lipinski definition) is 14. The standard InChI is InChI=1S/C76H127N15O15/c1-19-46(16)61(73(102)90-63-48(18)106-76(105)60(45(14)15)87-64(93)50(21-3)79-67(96)53(39-49-30-23-22-24-31-49)82-70(99)57(42(8)9)85-72(101)62(47(17)20-2)89-74(63)103)88-66(95)51(32-26-36-77)80-68(97)54-34-28-38-91(54)75(104)59(44(12)13)86-71(100)58(43(10)11)84-65(94)52(33-27-37-78)81-69(98)56(41(6)7)83-55(92)35-25-29-40(4)5/h21-24,30-31,40-48,51-54,56-63H,19-20,25-29,32-39,77-78H2,1-18H3,(H,79,96)(H,80,97)(H,81,98)(H,82,99)(H,83,92)(H,84,94)(H,85,101)(H,86,100)(H,87,93)(H,88,95)(H,89,103)(H,90,102)/b50-21-/t46-,47-,48+,51-,52-,53-,54+,56+,57+,58-,59+,60-,61+,62+,63+/m0/s1. The molecule has 2 aliphatic heterocycles. The van der Waals surface area contributed by atoms with Gasteiger partial charge in [-0.1, -0.05) is 166 Å². The van der Waals surface area contributed by atoms with Crippen LogP contribution in [0.2, 0.25) is 0 Å². The number of ether oxygens (including phenoxy) is 1. The lowest BCUT2D eigenvalue weighted by atomic mass is 9.95. The molecule has 106 heavy (non-hydrogen) atoms. The molecule has 30 heteroatoms. The first-order chi connectivity index (χ1) is 49.9. The molecular weight excluding hydrogens is 1360 g/mol. The van der Waals surface area contributed by atoms with Gasteiger partial charge in [-0.05, 0) is 125 Å². The maximum atomic E-state index is 15.1. The number of nitrogens with one attached hydrogen (secondary N) is 12. The van der Waals surface area contributed by atoms with Crippen LogP contribution in [0, 0.1) is 47.3 Å². The Balaban J connectivity index is 2.00. The molecule has 2 fully saturated rings. The van der Waals surface area contributed by atoms with Crippen LogP contribution in [-0.4, -0.2) is 186 Å². The predicted octanol–water partition coefficient (Wildman–Crippen LogP) is 2.19. The molecule has 0 aliphatic carbocycles. The van der Waals surface area contributed by atoms with Gasteiger partial charge in [-0.15, -0.1) is 0 Å². The number of hydrogen-bond acceptors (Lipinski definition) is 17. The Kier molecular flexibility index (Phi) is 39.1. The smallest absolute Gasteiger partial charge is 0.329 e. The summed E-state index contributed by atoms with van der Waals surface area (Å²) in [5.74, 6) is -14.3. The molecule has 596 valence electrons. The third-order valence-electron chi connectivity index (χ3n) is 19.5. The highest BCUT2D eigenvalue weighted by Crippen LogP contribution is 2.23. The third-order valence-corrected chi connectivity index (χ3v) is 19.5. The number of nitrogens with two attached hydrogens (primary N) is 2. The number of nitrogens with zero attached hydrogens (tertiary/aromatic N) is 1. The average molecular weight is 1490 g/mol. The van der Waals surface area contributed by atoms with E-state index in [0.29, 0.717) is 37.2 Å². The summed E-state index contributed by atoms with van der Waals surface area (Å²) in [6, 6.07) is -6.96. The van der Waals surface area contributed by atoms with Crippen molar-refractivity contribution in [2.45, 2.75) is 280 Å². The molecule has 3 rings (SSSR count). The number of allylic oxidation sites excluding steroid dienone is 1. The molecule has 0 spiro atoms. The van der Waals surface area contributed by atoms with Gasteiger partial charge in [0, 0.05) is 19.4 Å². The van der Waals surface area contributed by atoms with Crippen molar-refractivity contribution in [3.8, 4) is 0 Å². The summed E-state index contributed by atoms with van der Waals surface area (Å²) in [7, 11) is 0. The van der Waals surface area contributed by atoms with Crippen molar-refractivity contribution in [2.24, 2.45) is 58.8 Å². The Labute approximate surface area is 627 Å². The van der Waals surface area contributed by atoms with Crippen LogP contribution in [0.4, 0.5) is 0 Å².